The first kappa shape index (κ1) is 22.8. The number of non-ortho nitro benzene ring substituents is 1. The fraction of sp³-hybridized carbons (Fsp3) is 0.269. The van der Waals surface area contributed by atoms with Gasteiger partial charge in [-0.15, -0.1) is 0 Å². The topological polar surface area (TPSA) is 78.7 Å². The Balaban J connectivity index is 1.44. The van der Waals surface area contributed by atoms with E-state index < -0.39 is 10.8 Å². The molecule has 1 amide bonds. The van der Waals surface area contributed by atoms with Crippen molar-refractivity contribution in [1.82, 2.24) is 5.32 Å². The van der Waals surface area contributed by atoms with Crippen LogP contribution in [0.2, 0.25) is 0 Å². The monoisotopic (exact) mass is 478 g/mol. The molecule has 0 saturated carbocycles. The van der Waals surface area contributed by atoms with E-state index in [0.29, 0.717) is 31.7 Å². The summed E-state index contributed by atoms with van der Waals surface area (Å²) < 4.78 is 27.7. The molecule has 3 aromatic rings. The number of para-hydroxylation sites is 1. The molecule has 0 unspecified atom stereocenters. The number of piperazine rings is 1. The van der Waals surface area contributed by atoms with Gasteiger partial charge in [-0.1, -0.05) is 24.3 Å². The lowest BCUT2D eigenvalue weighted by Gasteiger charge is -2.49. The van der Waals surface area contributed by atoms with Crippen molar-refractivity contribution in [3.05, 3.63) is 99.6 Å². The van der Waals surface area contributed by atoms with E-state index in [0.717, 1.165) is 16.8 Å². The largest absolute Gasteiger partial charge is 0.365 e. The Morgan fingerprint density at radius 1 is 1.03 bits per heavy atom. The van der Waals surface area contributed by atoms with Gasteiger partial charge in [-0.3, -0.25) is 14.9 Å². The molecule has 0 spiro atoms. The summed E-state index contributed by atoms with van der Waals surface area (Å²) in [5.74, 6) is -1.36. The number of carbonyl (C=O) groups excluding carboxylic acids is 1. The molecule has 1 fully saturated rings. The first-order valence-electron chi connectivity index (χ1n) is 11.5. The van der Waals surface area contributed by atoms with Crippen LogP contribution in [0.4, 0.5) is 25.8 Å². The normalized spacial score (nSPS) is 19.0. The lowest BCUT2D eigenvalue weighted by atomic mass is 9.83. The van der Waals surface area contributed by atoms with Gasteiger partial charge in [0.1, 0.15) is 11.6 Å². The molecule has 3 aromatic carbocycles. The van der Waals surface area contributed by atoms with Crippen molar-refractivity contribution in [2.24, 2.45) is 5.92 Å². The van der Waals surface area contributed by atoms with Crippen molar-refractivity contribution in [3.63, 3.8) is 0 Å². The lowest BCUT2D eigenvalue weighted by Crippen LogP contribution is -2.61. The van der Waals surface area contributed by atoms with Gasteiger partial charge in [0.05, 0.1) is 22.6 Å². The summed E-state index contributed by atoms with van der Waals surface area (Å²) in [6, 6.07) is 17.0. The van der Waals surface area contributed by atoms with E-state index in [1.165, 1.54) is 30.3 Å². The molecular weight excluding hydrogens is 454 g/mol. The second-order valence-corrected chi connectivity index (χ2v) is 8.88. The molecule has 0 aliphatic carbocycles. The molecule has 1 N–H and O–H groups in total. The van der Waals surface area contributed by atoms with Crippen LogP contribution in [0.25, 0.3) is 0 Å². The van der Waals surface area contributed by atoms with Gasteiger partial charge in [0.25, 0.3) is 5.69 Å². The van der Waals surface area contributed by atoms with Gasteiger partial charge in [0.15, 0.2) is 0 Å². The van der Waals surface area contributed by atoms with E-state index in [9.17, 15) is 23.7 Å². The summed E-state index contributed by atoms with van der Waals surface area (Å²) in [4.78, 5) is 28.4. The van der Waals surface area contributed by atoms with Gasteiger partial charge >= 0.3 is 0 Å². The molecule has 1 saturated heterocycles. The SMILES string of the molecule is O=C(NCc1ccc(F)cc1)[C@H]1Cc2cc([N+](=O)[O-])ccc2N2CCN(c3ccccc3F)C[C@@H]12. The van der Waals surface area contributed by atoms with Crippen molar-refractivity contribution < 1.29 is 18.5 Å². The Kier molecular flexibility index (Phi) is 6.07. The van der Waals surface area contributed by atoms with Crippen LogP contribution in [0.5, 0.6) is 0 Å². The van der Waals surface area contributed by atoms with E-state index in [4.69, 9.17) is 0 Å². The molecule has 2 aliphatic rings. The summed E-state index contributed by atoms with van der Waals surface area (Å²) in [5.41, 5.74) is 2.86. The Labute approximate surface area is 201 Å². The fourth-order valence-corrected chi connectivity index (χ4v) is 5.07. The number of halogens is 2. The summed E-state index contributed by atoms with van der Waals surface area (Å²) in [5, 5.41) is 14.3. The highest BCUT2D eigenvalue weighted by atomic mass is 19.1. The third-order valence-corrected chi connectivity index (χ3v) is 6.82. The first-order chi connectivity index (χ1) is 16.9. The number of fused-ring (bicyclic) bond motifs is 3. The van der Waals surface area contributed by atoms with Crippen LogP contribution in [-0.4, -0.2) is 36.5 Å². The van der Waals surface area contributed by atoms with Crippen LogP contribution in [0, 0.1) is 27.7 Å². The molecular formula is C26H24F2N4O3. The summed E-state index contributed by atoms with van der Waals surface area (Å²) in [6.07, 6.45) is 0.332. The second-order valence-electron chi connectivity index (χ2n) is 8.88. The predicted molar refractivity (Wildman–Crippen MR) is 128 cm³/mol. The van der Waals surface area contributed by atoms with Gasteiger partial charge in [0, 0.05) is 44.0 Å². The number of carbonyl (C=O) groups is 1. The summed E-state index contributed by atoms with van der Waals surface area (Å²) in [6.45, 7) is 1.77. The molecule has 0 radical (unpaired) electrons. The number of benzene rings is 3. The van der Waals surface area contributed by atoms with Crippen molar-refractivity contribution >= 4 is 23.0 Å². The van der Waals surface area contributed by atoms with E-state index >= 15 is 0 Å². The second kappa shape index (κ2) is 9.32. The molecule has 2 aliphatic heterocycles. The van der Waals surface area contributed by atoms with Crippen LogP contribution in [0.1, 0.15) is 11.1 Å². The number of nitrogens with zero attached hydrogens (tertiary/aromatic N) is 3. The smallest absolute Gasteiger partial charge is 0.269 e. The van der Waals surface area contributed by atoms with Crippen LogP contribution >= 0.6 is 0 Å². The number of hydrogen-bond donors (Lipinski definition) is 1. The predicted octanol–water partition coefficient (Wildman–Crippen LogP) is 4.06. The first-order valence-corrected chi connectivity index (χ1v) is 11.5. The van der Waals surface area contributed by atoms with Crippen LogP contribution in [0.3, 0.4) is 0 Å². The lowest BCUT2D eigenvalue weighted by molar-refractivity contribution is -0.384. The number of anilines is 2. The minimum absolute atomic E-state index is 0.0161. The minimum atomic E-state index is -0.500. The molecule has 2 atom stereocenters. The molecule has 0 aromatic heterocycles. The maximum Gasteiger partial charge on any atom is 0.269 e. The molecule has 0 bridgehead atoms. The molecule has 180 valence electrons. The fourth-order valence-electron chi connectivity index (χ4n) is 5.07. The summed E-state index contributed by atoms with van der Waals surface area (Å²) in [7, 11) is 0. The zero-order chi connectivity index (χ0) is 24.5. The molecule has 5 rings (SSSR count). The number of hydrogen-bond acceptors (Lipinski definition) is 5. The van der Waals surface area contributed by atoms with E-state index in [1.54, 1.807) is 36.4 Å². The van der Waals surface area contributed by atoms with Crippen LogP contribution < -0.4 is 15.1 Å². The third kappa shape index (κ3) is 4.53. The van der Waals surface area contributed by atoms with Crippen LogP contribution in [0.15, 0.2) is 66.7 Å². The van der Waals surface area contributed by atoms with Crippen molar-refractivity contribution in [1.29, 1.82) is 0 Å². The molecule has 9 heteroatoms. The maximum atomic E-state index is 14.5. The Morgan fingerprint density at radius 3 is 2.54 bits per heavy atom. The van der Waals surface area contributed by atoms with Crippen molar-refractivity contribution in [2.75, 3.05) is 29.4 Å². The number of nitrogens with one attached hydrogen (secondary N) is 1. The average molecular weight is 478 g/mol. The van der Waals surface area contributed by atoms with Crippen molar-refractivity contribution in [3.8, 4) is 0 Å². The quantitative estimate of drug-likeness (QED) is 0.442. The van der Waals surface area contributed by atoms with E-state index in [1.807, 2.05) is 4.90 Å². The van der Waals surface area contributed by atoms with Crippen molar-refractivity contribution in [2.45, 2.75) is 19.0 Å². The highest BCUT2D eigenvalue weighted by Gasteiger charge is 2.42. The van der Waals surface area contributed by atoms with E-state index in [-0.39, 0.29) is 35.8 Å². The molecule has 2 heterocycles. The Morgan fingerprint density at radius 2 is 1.80 bits per heavy atom. The van der Waals surface area contributed by atoms with Gasteiger partial charge in [0.2, 0.25) is 5.91 Å². The zero-order valence-electron chi connectivity index (χ0n) is 18.9. The molecule has 7 nitrogen and oxygen atoms in total. The molecule has 35 heavy (non-hydrogen) atoms. The van der Waals surface area contributed by atoms with Crippen LogP contribution in [-0.2, 0) is 17.8 Å². The number of amides is 1. The highest BCUT2D eigenvalue weighted by Crippen LogP contribution is 2.39. The number of nitro groups is 1. The Hall–Kier alpha value is -4.01. The van der Waals surface area contributed by atoms with Gasteiger partial charge in [-0.2, -0.15) is 0 Å². The van der Waals surface area contributed by atoms with Gasteiger partial charge < -0.3 is 15.1 Å². The zero-order valence-corrected chi connectivity index (χ0v) is 18.9. The third-order valence-electron chi connectivity index (χ3n) is 6.82. The Bertz CT molecular complexity index is 1270. The minimum Gasteiger partial charge on any atom is -0.365 e. The number of rotatable bonds is 5. The standard InChI is InChI=1S/C26H24F2N4O3/c27-19-7-5-17(6-8-19)15-29-26(33)21-14-18-13-20(32(34)35)9-10-23(18)31-12-11-30(16-25(21)31)24-4-2-1-3-22(24)28/h1-10,13,21,25H,11-12,14-16H2,(H,29,33)/t21-,25-/m0/s1. The average Bonchev–Trinajstić information content (AvgIpc) is 2.87. The maximum absolute atomic E-state index is 14.5. The highest BCUT2D eigenvalue weighted by molar-refractivity contribution is 5.82. The number of nitro benzene ring substituents is 1. The van der Waals surface area contributed by atoms with Gasteiger partial charge in [-0.25, -0.2) is 8.78 Å². The summed E-state index contributed by atoms with van der Waals surface area (Å²) >= 11 is 0. The van der Waals surface area contributed by atoms with E-state index in [2.05, 4.69) is 10.2 Å². The van der Waals surface area contributed by atoms with Gasteiger partial charge in [-0.05, 0) is 47.9 Å².